The van der Waals surface area contributed by atoms with Crippen molar-refractivity contribution in [3.8, 4) is 11.5 Å². The molecule has 1 amide bonds. The normalized spacial score (nSPS) is 10.3. The maximum absolute atomic E-state index is 12.3. The molecule has 122 valence electrons. The predicted molar refractivity (Wildman–Crippen MR) is 91.8 cm³/mol. The van der Waals surface area contributed by atoms with E-state index in [0.717, 1.165) is 5.56 Å². The van der Waals surface area contributed by atoms with Crippen molar-refractivity contribution in [3.63, 3.8) is 0 Å². The number of amides is 1. The third kappa shape index (κ3) is 4.53. The molecule has 6 heteroatoms. The van der Waals surface area contributed by atoms with E-state index in [2.05, 4.69) is 5.32 Å². The zero-order valence-electron chi connectivity index (χ0n) is 12.9. The fraction of sp³-hybridized carbons (Fsp3) is 0.235. The van der Waals surface area contributed by atoms with Crippen molar-refractivity contribution in [1.82, 2.24) is 5.32 Å². The Morgan fingerprint density at radius 3 is 2.57 bits per heavy atom. The Morgan fingerprint density at radius 2 is 1.91 bits per heavy atom. The molecule has 0 spiro atoms. The number of carbonyl (C=O) groups excluding carboxylic acids is 1. The largest absolute Gasteiger partial charge is 0.493 e. The number of hydrogen-bond acceptors (Lipinski definition) is 3. The molecule has 0 atom stereocenters. The molecule has 4 nitrogen and oxygen atoms in total. The molecular weight excluding hydrogens is 337 g/mol. The average Bonchev–Trinajstić information content (AvgIpc) is 2.54. The van der Waals surface area contributed by atoms with Crippen molar-refractivity contribution >= 4 is 29.1 Å². The number of rotatable bonds is 6. The van der Waals surface area contributed by atoms with Crippen molar-refractivity contribution < 1.29 is 14.3 Å². The molecule has 0 aliphatic rings. The molecule has 2 rings (SSSR count). The lowest BCUT2D eigenvalue weighted by atomic mass is 10.1. The summed E-state index contributed by atoms with van der Waals surface area (Å²) >= 11 is 11.9. The molecule has 0 radical (unpaired) electrons. The zero-order valence-corrected chi connectivity index (χ0v) is 14.4. The molecule has 0 bridgehead atoms. The van der Waals surface area contributed by atoms with Crippen LogP contribution in [0.25, 0.3) is 0 Å². The van der Waals surface area contributed by atoms with Gasteiger partial charge >= 0.3 is 0 Å². The number of carbonyl (C=O) groups is 1. The summed E-state index contributed by atoms with van der Waals surface area (Å²) in [6, 6.07) is 10.2. The summed E-state index contributed by atoms with van der Waals surface area (Å²) in [5, 5.41) is 3.89. The molecule has 0 fully saturated rings. The number of nitrogens with one attached hydrogen (secondary N) is 1. The number of methoxy groups -OCH3 is 1. The zero-order chi connectivity index (χ0) is 16.8. The van der Waals surface area contributed by atoms with Gasteiger partial charge in [-0.25, -0.2) is 0 Å². The van der Waals surface area contributed by atoms with E-state index in [-0.39, 0.29) is 5.91 Å². The van der Waals surface area contributed by atoms with Crippen LogP contribution in [0.3, 0.4) is 0 Å². The quantitative estimate of drug-likeness (QED) is 0.840. The predicted octanol–water partition coefficient (Wildman–Crippen LogP) is 4.33. The maximum Gasteiger partial charge on any atom is 0.251 e. The van der Waals surface area contributed by atoms with Gasteiger partial charge in [0, 0.05) is 22.2 Å². The van der Waals surface area contributed by atoms with Crippen molar-refractivity contribution in [2.45, 2.75) is 13.5 Å². The number of benzene rings is 2. The third-order valence-corrected chi connectivity index (χ3v) is 3.77. The fourth-order valence-corrected chi connectivity index (χ4v) is 2.50. The lowest BCUT2D eigenvalue weighted by Crippen LogP contribution is -2.23. The number of halogens is 2. The Balaban J connectivity index is 2.08. The molecule has 2 aromatic carbocycles. The van der Waals surface area contributed by atoms with E-state index >= 15 is 0 Å². The first-order chi connectivity index (χ1) is 11.0. The standard InChI is InChI=1S/C17H17Cl2NO3/c1-3-23-15-7-5-11(8-16(15)22-2)17(21)20-10-12-4-6-13(18)9-14(12)19/h4-9H,3,10H2,1-2H3,(H,20,21). The van der Waals surface area contributed by atoms with Gasteiger partial charge in [-0.05, 0) is 42.8 Å². The van der Waals surface area contributed by atoms with Gasteiger partial charge < -0.3 is 14.8 Å². The van der Waals surface area contributed by atoms with Crippen LogP contribution in [0.4, 0.5) is 0 Å². The summed E-state index contributed by atoms with van der Waals surface area (Å²) in [7, 11) is 1.53. The second kappa shape index (κ2) is 8.09. The number of hydrogen-bond donors (Lipinski definition) is 1. The molecular formula is C17H17Cl2NO3. The second-order valence-corrected chi connectivity index (χ2v) is 5.56. The molecule has 0 aliphatic heterocycles. The summed E-state index contributed by atoms with van der Waals surface area (Å²) in [5.41, 5.74) is 1.28. The minimum Gasteiger partial charge on any atom is -0.493 e. The van der Waals surface area contributed by atoms with Gasteiger partial charge in [-0.1, -0.05) is 29.3 Å². The van der Waals surface area contributed by atoms with Crippen LogP contribution < -0.4 is 14.8 Å². The SMILES string of the molecule is CCOc1ccc(C(=O)NCc2ccc(Cl)cc2Cl)cc1OC. The van der Waals surface area contributed by atoms with E-state index in [1.807, 2.05) is 6.92 Å². The Bertz CT molecular complexity index is 704. The van der Waals surface area contributed by atoms with Gasteiger partial charge in [0.2, 0.25) is 0 Å². The van der Waals surface area contributed by atoms with E-state index in [1.165, 1.54) is 7.11 Å². The summed E-state index contributed by atoms with van der Waals surface area (Å²) in [4.78, 5) is 12.3. The van der Waals surface area contributed by atoms with Crippen LogP contribution in [0.1, 0.15) is 22.8 Å². The monoisotopic (exact) mass is 353 g/mol. The maximum atomic E-state index is 12.3. The molecule has 0 aromatic heterocycles. The lowest BCUT2D eigenvalue weighted by molar-refractivity contribution is 0.0950. The summed E-state index contributed by atoms with van der Waals surface area (Å²) in [5.74, 6) is 0.897. The topological polar surface area (TPSA) is 47.6 Å². The highest BCUT2D eigenvalue weighted by molar-refractivity contribution is 6.35. The highest BCUT2D eigenvalue weighted by Gasteiger charge is 2.11. The second-order valence-electron chi connectivity index (χ2n) is 4.72. The van der Waals surface area contributed by atoms with E-state index in [4.69, 9.17) is 32.7 Å². The Labute approximate surface area is 145 Å². The smallest absolute Gasteiger partial charge is 0.251 e. The third-order valence-electron chi connectivity index (χ3n) is 3.18. The Kier molecular flexibility index (Phi) is 6.13. The van der Waals surface area contributed by atoms with Crippen LogP contribution in [0, 0.1) is 0 Å². The van der Waals surface area contributed by atoms with Gasteiger partial charge in [-0.3, -0.25) is 4.79 Å². The summed E-state index contributed by atoms with van der Waals surface area (Å²) in [6.45, 7) is 2.72. The number of ether oxygens (including phenoxy) is 2. The first-order valence-electron chi connectivity index (χ1n) is 7.08. The van der Waals surface area contributed by atoms with Gasteiger partial charge in [0.25, 0.3) is 5.91 Å². The van der Waals surface area contributed by atoms with Crippen molar-refractivity contribution in [2.75, 3.05) is 13.7 Å². The summed E-state index contributed by atoms with van der Waals surface area (Å²) < 4.78 is 10.7. The minimum atomic E-state index is -0.225. The van der Waals surface area contributed by atoms with E-state index in [9.17, 15) is 4.79 Å². The van der Waals surface area contributed by atoms with Crippen molar-refractivity contribution in [1.29, 1.82) is 0 Å². The molecule has 1 N–H and O–H groups in total. The average molecular weight is 354 g/mol. The van der Waals surface area contributed by atoms with E-state index in [1.54, 1.807) is 36.4 Å². The van der Waals surface area contributed by atoms with Crippen LogP contribution in [0.2, 0.25) is 10.0 Å². The van der Waals surface area contributed by atoms with Crippen molar-refractivity contribution in [3.05, 3.63) is 57.6 Å². The summed E-state index contributed by atoms with van der Waals surface area (Å²) in [6.07, 6.45) is 0. The van der Waals surface area contributed by atoms with Crippen LogP contribution >= 0.6 is 23.2 Å². The molecule has 0 unspecified atom stereocenters. The molecule has 23 heavy (non-hydrogen) atoms. The highest BCUT2D eigenvalue weighted by atomic mass is 35.5. The molecule has 0 saturated heterocycles. The first kappa shape index (κ1) is 17.4. The molecule has 0 saturated carbocycles. The van der Waals surface area contributed by atoms with Gasteiger partial charge in [-0.15, -0.1) is 0 Å². The molecule has 2 aromatic rings. The van der Waals surface area contributed by atoms with Gasteiger partial charge in [0.15, 0.2) is 11.5 Å². The van der Waals surface area contributed by atoms with E-state index in [0.29, 0.717) is 40.3 Å². The highest BCUT2D eigenvalue weighted by Crippen LogP contribution is 2.28. The Hall–Kier alpha value is -1.91. The first-order valence-corrected chi connectivity index (χ1v) is 7.83. The van der Waals surface area contributed by atoms with Crippen LogP contribution in [0.5, 0.6) is 11.5 Å². The van der Waals surface area contributed by atoms with Gasteiger partial charge in [0.1, 0.15) is 0 Å². The van der Waals surface area contributed by atoms with Gasteiger partial charge in [-0.2, -0.15) is 0 Å². The lowest BCUT2D eigenvalue weighted by Gasteiger charge is -2.11. The van der Waals surface area contributed by atoms with Crippen LogP contribution in [-0.4, -0.2) is 19.6 Å². The van der Waals surface area contributed by atoms with Gasteiger partial charge in [0.05, 0.1) is 13.7 Å². The molecule has 0 heterocycles. The van der Waals surface area contributed by atoms with Crippen molar-refractivity contribution in [2.24, 2.45) is 0 Å². The van der Waals surface area contributed by atoms with Crippen LogP contribution in [-0.2, 0) is 6.54 Å². The minimum absolute atomic E-state index is 0.225. The fourth-order valence-electron chi connectivity index (χ4n) is 2.03. The molecule has 0 aliphatic carbocycles. The van der Waals surface area contributed by atoms with E-state index < -0.39 is 0 Å². The Morgan fingerprint density at radius 1 is 1.13 bits per heavy atom. The van der Waals surface area contributed by atoms with Crippen LogP contribution in [0.15, 0.2) is 36.4 Å².